The van der Waals surface area contributed by atoms with E-state index >= 15 is 0 Å². The number of sulfonamides is 1. The monoisotopic (exact) mass is 529 g/mol. The third-order valence-electron chi connectivity index (χ3n) is 6.64. The molecule has 0 unspecified atom stereocenters. The van der Waals surface area contributed by atoms with Crippen LogP contribution >= 0.6 is 0 Å². The summed E-state index contributed by atoms with van der Waals surface area (Å²) < 4.78 is 26.6. The van der Waals surface area contributed by atoms with Crippen LogP contribution in [0, 0.1) is 20.8 Å². The second-order valence-electron chi connectivity index (χ2n) is 9.97. The first-order valence-electron chi connectivity index (χ1n) is 13.1. The van der Waals surface area contributed by atoms with E-state index in [1.807, 2.05) is 84.0 Å². The van der Waals surface area contributed by atoms with Gasteiger partial charge >= 0.3 is 0 Å². The molecule has 0 spiro atoms. The van der Waals surface area contributed by atoms with E-state index < -0.39 is 16.1 Å². The predicted molar refractivity (Wildman–Crippen MR) is 151 cm³/mol. The quantitative estimate of drug-likeness (QED) is 0.401. The molecule has 2 amide bonds. The normalized spacial score (nSPS) is 13.1. The minimum Gasteiger partial charge on any atom is -0.352 e. The van der Waals surface area contributed by atoms with E-state index in [2.05, 4.69) is 5.32 Å². The maximum absolute atomic E-state index is 13.6. The Morgan fingerprint density at radius 2 is 1.59 bits per heavy atom. The maximum Gasteiger partial charge on any atom is 0.243 e. The largest absolute Gasteiger partial charge is 0.352 e. The highest BCUT2D eigenvalue weighted by molar-refractivity contribution is 7.92. The summed E-state index contributed by atoms with van der Waals surface area (Å²) in [6.07, 6.45) is 2.94. The van der Waals surface area contributed by atoms with Crippen molar-refractivity contribution in [3.05, 3.63) is 64.7 Å². The fourth-order valence-corrected chi connectivity index (χ4v) is 5.38. The SMILES string of the molecule is CC[C@@H](C)NC(=O)[C@H](CC)N(Cc1ccccc1C)C(=O)CCCN(c1cc(C)cc(C)c1)S(C)(=O)=O. The lowest BCUT2D eigenvalue weighted by Crippen LogP contribution is -2.50. The highest BCUT2D eigenvalue weighted by Gasteiger charge is 2.29. The molecular weight excluding hydrogens is 486 g/mol. The number of hydrogen-bond acceptors (Lipinski definition) is 4. The van der Waals surface area contributed by atoms with Crippen LogP contribution in [0.3, 0.4) is 0 Å². The standard InChI is InChI=1S/C29H43N3O4S/c1-8-24(6)30-29(34)27(9-2)31(20-25-14-11-10-13-23(25)5)28(33)15-12-16-32(37(7,35)36)26-18-21(3)17-22(4)19-26/h10-11,13-14,17-19,24,27H,8-9,12,15-16,20H2,1-7H3,(H,30,34)/t24-,27+/m1/s1. The molecule has 2 aromatic carbocycles. The third-order valence-corrected chi connectivity index (χ3v) is 7.83. The zero-order valence-corrected chi connectivity index (χ0v) is 24.2. The first-order valence-corrected chi connectivity index (χ1v) is 14.9. The Labute approximate surface area is 223 Å². The molecule has 0 heterocycles. The van der Waals surface area contributed by atoms with Crippen LogP contribution in [-0.2, 0) is 26.2 Å². The fourth-order valence-electron chi connectivity index (χ4n) is 4.43. The Kier molecular flexibility index (Phi) is 11.2. The van der Waals surface area contributed by atoms with Gasteiger partial charge < -0.3 is 10.2 Å². The number of anilines is 1. The minimum atomic E-state index is -3.53. The molecule has 0 aliphatic rings. The molecule has 0 aliphatic carbocycles. The lowest BCUT2D eigenvalue weighted by Gasteiger charge is -2.32. The number of hydrogen-bond donors (Lipinski definition) is 1. The number of nitrogens with one attached hydrogen (secondary N) is 1. The Morgan fingerprint density at radius 1 is 0.973 bits per heavy atom. The molecule has 2 rings (SSSR count). The van der Waals surface area contributed by atoms with Gasteiger partial charge in [-0.3, -0.25) is 13.9 Å². The highest BCUT2D eigenvalue weighted by Crippen LogP contribution is 2.23. The van der Waals surface area contributed by atoms with Crippen LogP contribution in [0.2, 0.25) is 0 Å². The van der Waals surface area contributed by atoms with E-state index in [0.717, 1.165) is 28.7 Å². The van der Waals surface area contributed by atoms with Crippen LogP contribution < -0.4 is 9.62 Å². The van der Waals surface area contributed by atoms with Crippen molar-refractivity contribution in [1.29, 1.82) is 0 Å². The lowest BCUT2D eigenvalue weighted by molar-refractivity contribution is -0.141. The summed E-state index contributed by atoms with van der Waals surface area (Å²) in [5.74, 6) is -0.324. The first-order chi connectivity index (χ1) is 17.4. The molecule has 0 fully saturated rings. The molecule has 2 atom stereocenters. The van der Waals surface area contributed by atoms with E-state index in [1.165, 1.54) is 10.6 Å². The van der Waals surface area contributed by atoms with Gasteiger partial charge in [0.1, 0.15) is 6.04 Å². The molecule has 1 N–H and O–H groups in total. The molecule has 8 heteroatoms. The highest BCUT2D eigenvalue weighted by atomic mass is 32.2. The molecule has 204 valence electrons. The van der Waals surface area contributed by atoms with Gasteiger partial charge in [-0.05, 0) is 81.3 Å². The summed E-state index contributed by atoms with van der Waals surface area (Å²) >= 11 is 0. The Balaban J connectivity index is 2.26. The van der Waals surface area contributed by atoms with Crippen molar-refractivity contribution in [2.24, 2.45) is 0 Å². The van der Waals surface area contributed by atoms with Crippen molar-refractivity contribution in [2.75, 3.05) is 17.1 Å². The van der Waals surface area contributed by atoms with Crippen LogP contribution in [0.4, 0.5) is 5.69 Å². The smallest absolute Gasteiger partial charge is 0.243 e. The number of rotatable bonds is 13. The van der Waals surface area contributed by atoms with E-state index in [4.69, 9.17) is 0 Å². The molecule has 7 nitrogen and oxygen atoms in total. The van der Waals surface area contributed by atoms with Gasteiger partial charge in [-0.1, -0.05) is 44.2 Å². The van der Waals surface area contributed by atoms with Crippen molar-refractivity contribution >= 4 is 27.5 Å². The van der Waals surface area contributed by atoms with E-state index in [0.29, 0.717) is 25.1 Å². The molecule has 0 saturated carbocycles. The summed E-state index contributed by atoms with van der Waals surface area (Å²) in [5.41, 5.74) is 4.59. The Hall–Kier alpha value is -2.87. The summed E-state index contributed by atoms with van der Waals surface area (Å²) in [7, 11) is -3.53. The first kappa shape index (κ1) is 30.4. The fraction of sp³-hybridized carbons (Fsp3) is 0.517. The number of carbonyl (C=O) groups excluding carboxylic acids is 2. The topological polar surface area (TPSA) is 86.8 Å². The van der Waals surface area contributed by atoms with Crippen molar-refractivity contribution in [1.82, 2.24) is 10.2 Å². The second kappa shape index (κ2) is 13.6. The molecule has 0 radical (unpaired) electrons. The van der Waals surface area contributed by atoms with Crippen LogP contribution in [0.25, 0.3) is 0 Å². The zero-order chi connectivity index (χ0) is 27.8. The van der Waals surface area contributed by atoms with Gasteiger partial charge in [0, 0.05) is 25.6 Å². The molecule has 2 aromatic rings. The average Bonchev–Trinajstić information content (AvgIpc) is 2.81. The van der Waals surface area contributed by atoms with Crippen LogP contribution in [0.15, 0.2) is 42.5 Å². The summed E-state index contributed by atoms with van der Waals surface area (Å²) in [4.78, 5) is 28.4. The number of nitrogens with zero attached hydrogens (tertiary/aromatic N) is 2. The molecule has 0 saturated heterocycles. The van der Waals surface area contributed by atoms with E-state index in [1.54, 1.807) is 4.90 Å². The van der Waals surface area contributed by atoms with Gasteiger partial charge in [-0.15, -0.1) is 0 Å². The third kappa shape index (κ3) is 8.88. The number of amides is 2. The summed E-state index contributed by atoms with van der Waals surface area (Å²) in [6.45, 7) is 12.2. The predicted octanol–water partition coefficient (Wildman–Crippen LogP) is 4.88. The van der Waals surface area contributed by atoms with Crippen molar-refractivity contribution in [2.45, 2.75) is 85.9 Å². The second-order valence-corrected chi connectivity index (χ2v) is 11.9. The van der Waals surface area contributed by atoms with Crippen molar-refractivity contribution in [3.8, 4) is 0 Å². The van der Waals surface area contributed by atoms with Gasteiger partial charge in [0.05, 0.1) is 11.9 Å². The van der Waals surface area contributed by atoms with Crippen LogP contribution in [-0.4, -0.2) is 50.0 Å². The molecule has 0 bridgehead atoms. The van der Waals surface area contributed by atoms with Gasteiger partial charge in [0.15, 0.2) is 0 Å². The number of aryl methyl sites for hydroxylation is 3. The van der Waals surface area contributed by atoms with Gasteiger partial charge in [-0.2, -0.15) is 0 Å². The lowest BCUT2D eigenvalue weighted by atomic mass is 10.0. The zero-order valence-electron chi connectivity index (χ0n) is 23.4. The van der Waals surface area contributed by atoms with Gasteiger partial charge in [-0.25, -0.2) is 8.42 Å². The summed E-state index contributed by atoms with van der Waals surface area (Å²) in [6, 6.07) is 12.9. The van der Waals surface area contributed by atoms with Crippen molar-refractivity contribution < 1.29 is 18.0 Å². The average molecular weight is 530 g/mol. The van der Waals surface area contributed by atoms with Crippen LogP contribution in [0.1, 0.15) is 68.7 Å². The Bertz CT molecular complexity index is 1160. The van der Waals surface area contributed by atoms with Gasteiger partial charge in [0.2, 0.25) is 21.8 Å². The summed E-state index contributed by atoms with van der Waals surface area (Å²) in [5, 5.41) is 3.02. The van der Waals surface area contributed by atoms with Crippen LogP contribution in [0.5, 0.6) is 0 Å². The molecule has 0 aliphatic heterocycles. The number of carbonyl (C=O) groups is 2. The van der Waals surface area contributed by atoms with E-state index in [-0.39, 0.29) is 30.8 Å². The molecule has 0 aromatic heterocycles. The maximum atomic E-state index is 13.6. The minimum absolute atomic E-state index is 0.0121. The van der Waals surface area contributed by atoms with Crippen molar-refractivity contribution in [3.63, 3.8) is 0 Å². The number of benzene rings is 2. The van der Waals surface area contributed by atoms with E-state index in [9.17, 15) is 18.0 Å². The molecular formula is C29H43N3O4S. The Morgan fingerprint density at radius 3 is 2.14 bits per heavy atom. The van der Waals surface area contributed by atoms with Gasteiger partial charge in [0.25, 0.3) is 0 Å². The molecule has 37 heavy (non-hydrogen) atoms.